The molecule has 3 unspecified atom stereocenters. The normalized spacial score (nSPS) is 14.1. The van der Waals surface area contributed by atoms with Crippen molar-refractivity contribution in [3.8, 4) is 0 Å². The number of likely N-dealkylation sites (N-methyl/N-ethyl adjacent to an activating group) is 1. The summed E-state index contributed by atoms with van der Waals surface area (Å²) in [5, 5.41) is 13.9. The van der Waals surface area contributed by atoms with Gasteiger partial charge in [-0.25, -0.2) is 4.57 Å². The number of carbonyl (C=O) groups is 1. The fourth-order valence-corrected chi connectivity index (χ4v) is 9.81. The highest BCUT2D eigenvalue weighted by atomic mass is 31.2. The van der Waals surface area contributed by atoms with Crippen molar-refractivity contribution in [1.82, 2.24) is 5.32 Å². The first-order chi connectivity index (χ1) is 34.0. The maximum Gasteiger partial charge on any atom is 0.472 e. The van der Waals surface area contributed by atoms with Gasteiger partial charge >= 0.3 is 7.82 Å². The second kappa shape index (κ2) is 52.6. The van der Waals surface area contributed by atoms with Crippen LogP contribution in [-0.4, -0.2) is 73.4 Å². The molecule has 0 heterocycles. The average molecular weight is 1010 g/mol. The van der Waals surface area contributed by atoms with Gasteiger partial charge in [0.1, 0.15) is 13.2 Å². The van der Waals surface area contributed by atoms with Crippen LogP contribution in [0.1, 0.15) is 296 Å². The van der Waals surface area contributed by atoms with Crippen molar-refractivity contribution in [3.63, 3.8) is 0 Å². The van der Waals surface area contributed by atoms with Gasteiger partial charge in [0.15, 0.2) is 0 Å². The highest BCUT2D eigenvalue weighted by Gasteiger charge is 2.27. The minimum atomic E-state index is -4.34. The number of rotatable bonds is 56. The van der Waals surface area contributed by atoms with Crippen LogP contribution in [0.5, 0.6) is 0 Å². The number of quaternary nitrogens is 1. The minimum Gasteiger partial charge on any atom is -0.387 e. The molecule has 0 spiro atoms. The van der Waals surface area contributed by atoms with E-state index in [1.807, 2.05) is 27.2 Å². The molecule has 0 saturated heterocycles. The van der Waals surface area contributed by atoms with Crippen LogP contribution < -0.4 is 5.32 Å². The van der Waals surface area contributed by atoms with E-state index in [9.17, 15) is 19.4 Å². The fourth-order valence-electron chi connectivity index (χ4n) is 9.08. The third-order valence-electron chi connectivity index (χ3n) is 13.9. The first kappa shape index (κ1) is 68.7. The number of nitrogens with one attached hydrogen (secondary N) is 1. The Kier molecular flexibility index (Phi) is 51.6. The SMILES string of the molecule is CCCCCCCCCCC/C=C/C(O)C(COP(=O)(O)OCC[N+](C)(C)C)NC(=O)CCCCCCCCCCCCCCCCCCC/C=C\C/C=C\CCCCCCCCCCCCCCC. The standard InChI is InChI=1S/C61H119N2O6P/c1-6-8-10-12-14-16-18-19-20-21-22-23-24-25-26-27-28-29-30-31-32-33-34-35-36-37-38-39-40-41-42-43-45-47-49-51-53-55-61(65)62-59(58-69-70(66,67)68-57-56-63(3,4)5)60(64)54-52-50-48-46-44-17-15-13-11-9-7-2/h26-27,29-30,52,54,59-60,64H,6-25,28,31-51,53,55-58H2,1-5H3,(H-,62,65,66,67)/p+1/b27-26-,30-29-,54-52+. The Morgan fingerprint density at radius 3 is 1.17 bits per heavy atom. The number of hydrogen-bond donors (Lipinski definition) is 3. The van der Waals surface area contributed by atoms with Gasteiger partial charge in [0.2, 0.25) is 5.91 Å². The van der Waals surface area contributed by atoms with Crippen molar-refractivity contribution >= 4 is 13.7 Å². The maximum atomic E-state index is 12.9. The predicted molar refractivity (Wildman–Crippen MR) is 304 cm³/mol. The third kappa shape index (κ3) is 54.5. The summed E-state index contributed by atoms with van der Waals surface area (Å²) < 4.78 is 23.6. The third-order valence-corrected chi connectivity index (χ3v) is 14.8. The van der Waals surface area contributed by atoms with E-state index < -0.39 is 20.0 Å². The van der Waals surface area contributed by atoms with Gasteiger partial charge in [-0.3, -0.25) is 13.8 Å². The molecule has 0 saturated carbocycles. The molecule has 9 heteroatoms. The lowest BCUT2D eigenvalue weighted by atomic mass is 10.0. The molecule has 0 fully saturated rings. The number of aliphatic hydroxyl groups excluding tert-OH is 1. The summed E-state index contributed by atoms with van der Waals surface area (Å²) in [5.74, 6) is -0.175. The van der Waals surface area contributed by atoms with Crippen LogP contribution in [0.15, 0.2) is 36.5 Å². The summed E-state index contributed by atoms with van der Waals surface area (Å²) in [6.07, 6.45) is 68.5. The molecule has 0 aliphatic heterocycles. The molecule has 0 aliphatic carbocycles. The fraction of sp³-hybridized carbons (Fsp3) is 0.885. The van der Waals surface area contributed by atoms with Gasteiger partial charge < -0.3 is 19.8 Å². The van der Waals surface area contributed by atoms with Crippen LogP contribution in [0.25, 0.3) is 0 Å². The first-order valence-corrected chi connectivity index (χ1v) is 31.9. The smallest absolute Gasteiger partial charge is 0.387 e. The molecule has 0 aliphatic rings. The lowest BCUT2D eigenvalue weighted by Gasteiger charge is -2.25. The topological polar surface area (TPSA) is 105 Å². The number of aliphatic hydroxyl groups is 1. The van der Waals surface area contributed by atoms with E-state index in [4.69, 9.17) is 9.05 Å². The quantitative estimate of drug-likeness (QED) is 0.0243. The van der Waals surface area contributed by atoms with Crippen LogP contribution >= 0.6 is 7.82 Å². The van der Waals surface area contributed by atoms with Gasteiger partial charge in [-0.05, 0) is 51.4 Å². The number of allylic oxidation sites excluding steroid dienone is 5. The second-order valence-corrected chi connectivity index (χ2v) is 23.5. The van der Waals surface area contributed by atoms with Gasteiger partial charge in [0.05, 0.1) is 39.9 Å². The summed E-state index contributed by atoms with van der Waals surface area (Å²) in [5.41, 5.74) is 0. The van der Waals surface area contributed by atoms with Crippen molar-refractivity contribution in [3.05, 3.63) is 36.5 Å². The van der Waals surface area contributed by atoms with Crippen molar-refractivity contribution in [1.29, 1.82) is 0 Å². The van der Waals surface area contributed by atoms with Crippen LogP contribution in [0.3, 0.4) is 0 Å². The zero-order chi connectivity index (χ0) is 51.3. The Morgan fingerprint density at radius 1 is 0.486 bits per heavy atom. The van der Waals surface area contributed by atoms with E-state index in [-0.39, 0.29) is 19.1 Å². The molecule has 1 amide bonds. The molecule has 0 rings (SSSR count). The molecule has 414 valence electrons. The van der Waals surface area contributed by atoms with Crippen LogP contribution in [0.2, 0.25) is 0 Å². The Hall–Kier alpha value is -1.28. The number of unbranched alkanes of at least 4 members (excludes halogenated alkanes) is 39. The van der Waals surface area contributed by atoms with E-state index in [0.29, 0.717) is 17.4 Å². The molecule has 3 atom stereocenters. The van der Waals surface area contributed by atoms with Crippen molar-refractivity contribution in [2.45, 2.75) is 309 Å². The molecule has 0 radical (unpaired) electrons. The van der Waals surface area contributed by atoms with Crippen LogP contribution in [0, 0.1) is 0 Å². The van der Waals surface area contributed by atoms with E-state index >= 15 is 0 Å². The number of nitrogens with zero attached hydrogens (tertiary/aromatic N) is 1. The zero-order valence-electron chi connectivity index (χ0n) is 47.3. The predicted octanol–water partition coefficient (Wildman–Crippen LogP) is 18.5. The first-order valence-electron chi connectivity index (χ1n) is 30.4. The summed E-state index contributed by atoms with van der Waals surface area (Å²) in [6, 6.07) is -0.844. The number of hydrogen-bond acceptors (Lipinski definition) is 5. The van der Waals surface area contributed by atoms with Gasteiger partial charge in [0, 0.05) is 6.42 Å². The molecule has 0 aromatic heterocycles. The Labute approximate surface area is 436 Å². The molecule has 0 bridgehead atoms. The van der Waals surface area contributed by atoms with Crippen LogP contribution in [0.4, 0.5) is 0 Å². The highest BCUT2D eigenvalue weighted by molar-refractivity contribution is 7.47. The molecular weight excluding hydrogens is 888 g/mol. The average Bonchev–Trinajstić information content (AvgIpc) is 3.32. The monoisotopic (exact) mass is 1010 g/mol. The van der Waals surface area contributed by atoms with Gasteiger partial charge in [0.25, 0.3) is 0 Å². The molecule has 3 N–H and O–H groups in total. The Morgan fingerprint density at radius 2 is 0.814 bits per heavy atom. The van der Waals surface area contributed by atoms with E-state index in [0.717, 1.165) is 44.9 Å². The minimum absolute atomic E-state index is 0.0625. The summed E-state index contributed by atoms with van der Waals surface area (Å²) in [4.78, 5) is 23.2. The Balaban J connectivity index is 3.89. The van der Waals surface area contributed by atoms with Crippen molar-refractivity contribution < 1.29 is 32.9 Å². The van der Waals surface area contributed by atoms with Gasteiger partial charge in [-0.15, -0.1) is 0 Å². The van der Waals surface area contributed by atoms with E-state index in [1.54, 1.807) is 6.08 Å². The number of carbonyl (C=O) groups excluding carboxylic acids is 1. The van der Waals surface area contributed by atoms with Crippen molar-refractivity contribution in [2.75, 3.05) is 40.9 Å². The van der Waals surface area contributed by atoms with Crippen molar-refractivity contribution in [2.24, 2.45) is 0 Å². The summed E-state index contributed by atoms with van der Waals surface area (Å²) >= 11 is 0. The molecule has 0 aromatic carbocycles. The number of phosphoric ester groups is 1. The van der Waals surface area contributed by atoms with Gasteiger partial charge in [-0.1, -0.05) is 275 Å². The second-order valence-electron chi connectivity index (χ2n) is 22.1. The number of phosphoric acid groups is 1. The lowest BCUT2D eigenvalue weighted by Crippen LogP contribution is -2.45. The molecule has 0 aromatic rings. The van der Waals surface area contributed by atoms with E-state index in [2.05, 4.69) is 43.5 Å². The van der Waals surface area contributed by atoms with Gasteiger partial charge in [-0.2, -0.15) is 0 Å². The molecule has 8 nitrogen and oxygen atoms in total. The maximum absolute atomic E-state index is 12.9. The zero-order valence-corrected chi connectivity index (χ0v) is 48.2. The molecular formula is C61H120N2O6P+. The van der Waals surface area contributed by atoms with E-state index in [1.165, 1.54) is 231 Å². The van der Waals surface area contributed by atoms with Crippen LogP contribution in [-0.2, 0) is 18.4 Å². The number of amides is 1. The lowest BCUT2D eigenvalue weighted by molar-refractivity contribution is -0.870. The highest BCUT2D eigenvalue weighted by Crippen LogP contribution is 2.43. The largest absolute Gasteiger partial charge is 0.472 e. The molecule has 70 heavy (non-hydrogen) atoms. The summed E-state index contributed by atoms with van der Waals surface area (Å²) in [6.45, 7) is 4.83. The summed E-state index contributed by atoms with van der Waals surface area (Å²) in [7, 11) is 1.58. The Bertz CT molecular complexity index is 1230.